The summed E-state index contributed by atoms with van der Waals surface area (Å²) in [4.78, 5) is 29.3. The van der Waals surface area contributed by atoms with Crippen LogP contribution in [0.15, 0.2) is 36.5 Å². The van der Waals surface area contributed by atoms with Gasteiger partial charge in [-0.2, -0.15) is 0 Å². The number of ether oxygens (including phenoxy) is 1. The van der Waals surface area contributed by atoms with Crippen molar-refractivity contribution in [2.75, 3.05) is 58.3 Å². The first kappa shape index (κ1) is 22.3. The van der Waals surface area contributed by atoms with Crippen LogP contribution in [0.4, 0.5) is 5.95 Å². The summed E-state index contributed by atoms with van der Waals surface area (Å²) in [5.74, 6) is 0.849. The van der Waals surface area contributed by atoms with E-state index in [1.165, 1.54) is 5.56 Å². The molecule has 2 aromatic rings. The first-order chi connectivity index (χ1) is 16.2. The molecule has 3 aliphatic heterocycles. The lowest BCUT2D eigenvalue weighted by atomic mass is 10.0. The lowest BCUT2D eigenvalue weighted by molar-refractivity contribution is -0.134. The van der Waals surface area contributed by atoms with Crippen molar-refractivity contribution in [3.05, 3.63) is 53.3 Å². The molecule has 176 valence electrons. The molecule has 1 aromatic carbocycles. The minimum atomic E-state index is 0.184. The number of amides is 1. The SMILES string of the molecule is CN1CCN(CC(=O)N2CCc3cnc(NC4CCOCC4)nc3C2)[C@H](c2ccccc2)C1. The highest BCUT2D eigenvalue weighted by Gasteiger charge is 2.30. The van der Waals surface area contributed by atoms with Crippen molar-refractivity contribution in [1.29, 1.82) is 0 Å². The summed E-state index contributed by atoms with van der Waals surface area (Å²) in [7, 11) is 2.16. The number of benzene rings is 1. The molecule has 3 aliphatic rings. The van der Waals surface area contributed by atoms with Gasteiger partial charge >= 0.3 is 0 Å². The summed E-state index contributed by atoms with van der Waals surface area (Å²) in [5.41, 5.74) is 3.40. The number of fused-ring (bicyclic) bond motifs is 1. The molecule has 2 saturated heterocycles. The van der Waals surface area contributed by atoms with Crippen LogP contribution in [-0.2, 0) is 22.5 Å². The van der Waals surface area contributed by atoms with Crippen LogP contribution in [0.5, 0.6) is 0 Å². The molecule has 0 aliphatic carbocycles. The average molecular weight is 451 g/mol. The van der Waals surface area contributed by atoms with Gasteiger partial charge in [-0.1, -0.05) is 30.3 Å². The van der Waals surface area contributed by atoms with E-state index in [0.29, 0.717) is 25.1 Å². The largest absolute Gasteiger partial charge is 0.381 e. The van der Waals surface area contributed by atoms with Crippen molar-refractivity contribution in [2.45, 2.75) is 37.9 Å². The lowest BCUT2D eigenvalue weighted by Crippen LogP contribution is -2.51. The van der Waals surface area contributed by atoms with E-state index in [1.54, 1.807) is 0 Å². The fraction of sp³-hybridized carbons (Fsp3) is 0.560. The third-order valence-electron chi connectivity index (χ3n) is 7.07. The van der Waals surface area contributed by atoms with Crippen LogP contribution in [0.25, 0.3) is 0 Å². The number of nitrogens with one attached hydrogen (secondary N) is 1. The fourth-order valence-electron chi connectivity index (χ4n) is 5.02. The van der Waals surface area contributed by atoms with Crippen LogP contribution in [0.2, 0.25) is 0 Å². The number of piperazine rings is 1. The van der Waals surface area contributed by atoms with Gasteiger partial charge in [0, 0.05) is 57.7 Å². The van der Waals surface area contributed by atoms with E-state index in [0.717, 1.165) is 69.9 Å². The number of anilines is 1. The maximum atomic E-state index is 13.3. The smallest absolute Gasteiger partial charge is 0.237 e. The van der Waals surface area contributed by atoms with Crippen molar-refractivity contribution in [3.8, 4) is 0 Å². The minimum Gasteiger partial charge on any atom is -0.381 e. The molecule has 33 heavy (non-hydrogen) atoms. The molecule has 8 heteroatoms. The summed E-state index contributed by atoms with van der Waals surface area (Å²) in [6.07, 6.45) is 4.68. The van der Waals surface area contributed by atoms with Gasteiger partial charge in [0.25, 0.3) is 0 Å². The Kier molecular flexibility index (Phi) is 6.85. The number of aromatic nitrogens is 2. The van der Waals surface area contributed by atoms with Gasteiger partial charge < -0.3 is 19.9 Å². The summed E-state index contributed by atoms with van der Waals surface area (Å²) in [6.45, 7) is 6.11. The number of hydrogen-bond donors (Lipinski definition) is 1. The van der Waals surface area contributed by atoms with E-state index in [9.17, 15) is 4.79 Å². The normalized spacial score (nSPS) is 22.7. The minimum absolute atomic E-state index is 0.184. The molecule has 0 spiro atoms. The van der Waals surface area contributed by atoms with Gasteiger partial charge in [-0.25, -0.2) is 9.97 Å². The second-order valence-corrected chi connectivity index (χ2v) is 9.42. The van der Waals surface area contributed by atoms with Crippen LogP contribution < -0.4 is 5.32 Å². The van der Waals surface area contributed by atoms with Crippen molar-refractivity contribution < 1.29 is 9.53 Å². The van der Waals surface area contributed by atoms with Crippen LogP contribution in [0.3, 0.4) is 0 Å². The van der Waals surface area contributed by atoms with Gasteiger partial charge in [0.2, 0.25) is 11.9 Å². The molecule has 1 amide bonds. The van der Waals surface area contributed by atoms with Crippen molar-refractivity contribution >= 4 is 11.9 Å². The third-order valence-corrected chi connectivity index (χ3v) is 7.07. The summed E-state index contributed by atoms with van der Waals surface area (Å²) >= 11 is 0. The van der Waals surface area contributed by atoms with E-state index in [2.05, 4.69) is 51.4 Å². The van der Waals surface area contributed by atoms with E-state index in [4.69, 9.17) is 9.72 Å². The topological polar surface area (TPSA) is 73.8 Å². The molecule has 0 bridgehead atoms. The van der Waals surface area contributed by atoms with E-state index in [1.807, 2.05) is 17.2 Å². The number of carbonyl (C=O) groups is 1. The second kappa shape index (κ2) is 10.2. The molecule has 1 atom stereocenters. The highest BCUT2D eigenvalue weighted by atomic mass is 16.5. The predicted molar refractivity (Wildman–Crippen MR) is 127 cm³/mol. The molecule has 8 nitrogen and oxygen atoms in total. The van der Waals surface area contributed by atoms with E-state index in [-0.39, 0.29) is 11.9 Å². The monoisotopic (exact) mass is 450 g/mol. The van der Waals surface area contributed by atoms with Crippen molar-refractivity contribution in [2.24, 2.45) is 0 Å². The Morgan fingerprint density at radius 2 is 1.97 bits per heavy atom. The Hall–Kier alpha value is -2.55. The zero-order chi connectivity index (χ0) is 22.6. The standard InChI is InChI=1S/C25H34N6O2/c1-29-11-12-30(23(17-29)19-5-3-2-4-6-19)18-24(32)31-10-7-20-15-26-25(28-22(20)16-31)27-21-8-13-33-14-9-21/h2-6,15,21,23H,7-14,16-18H2,1H3,(H,26,27,28)/t23-/m0/s1. The van der Waals surface area contributed by atoms with E-state index < -0.39 is 0 Å². The van der Waals surface area contributed by atoms with Crippen LogP contribution in [-0.4, -0.2) is 89.6 Å². The zero-order valence-electron chi connectivity index (χ0n) is 19.4. The molecule has 0 unspecified atom stereocenters. The molecule has 5 rings (SSSR count). The van der Waals surface area contributed by atoms with Gasteiger partial charge in [-0.3, -0.25) is 9.69 Å². The summed E-state index contributed by atoms with van der Waals surface area (Å²) in [5, 5.41) is 3.45. The van der Waals surface area contributed by atoms with Gasteiger partial charge in [-0.05, 0) is 37.4 Å². The molecule has 0 radical (unpaired) electrons. The highest BCUT2D eigenvalue weighted by Crippen LogP contribution is 2.26. The number of carbonyl (C=O) groups excluding carboxylic acids is 1. The fourth-order valence-corrected chi connectivity index (χ4v) is 5.02. The molecular weight excluding hydrogens is 416 g/mol. The van der Waals surface area contributed by atoms with Gasteiger partial charge in [0.1, 0.15) is 0 Å². The number of likely N-dealkylation sites (N-methyl/N-ethyl adjacent to an activating group) is 1. The molecule has 1 N–H and O–H groups in total. The van der Waals surface area contributed by atoms with Crippen LogP contribution in [0.1, 0.15) is 35.7 Å². The second-order valence-electron chi connectivity index (χ2n) is 9.42. The third kappa shape index (κ3) is 5.34. The molecule has 2 fully saturated rings. The van der Waals surface area contributed by atoms with Crippen LogP contribution >= 0.6 is 0 Å². The predicted octanol–water partition coefficient (Wildman–Crippen LogP) is 1.94. The highest BCUT2D eigenvalue weighted by molar-refractivity contribution is 5.78. The molecule has 0 saturated carbocycles. The first-order valence-corrected chi connectivity index (χ1v) is 12.1. The maximum Gasteiger partial charge on any atom is 0.237 e. The Bertz CT molecular complexity index is 949. The zero-order valence-corrected chi connectivity index (χ0v) is 19.4. The molecular formula is C25H34N6O2. The van der Waals surface area contributed by atoms with Crippen molar-refractivity contribution in [3.63, 3.8) is 0 Å². The molecule has 4 heterocycles. The number of hydrogen-bond acceptors (Lipinski definition) is 7. The lowest BCUT2D eigenvalue weighted by Gasteiger charge is -2.41. The number of nitrogens with zero attached hydrogens (tertiary/aromatic N) is 5. The summed E-state index contributed by atoms with van der Waals surface area (Å²) in [6, 6.07) is 11.1. The van der Waals surface area contributed by atoms with Gasteiger partial charge in [0.05, 0.1) is 18.8 Å². The Labute approximate surface area is 195 Å². The van der Waals surface area contributed by atoms with Crippen LogP contribution in [0, 0.1) is 0 Å². The first-order valence-electron chi connectivity index (χ1n) is 12.1. The Balaban J connectivity index is 1.24. The summed E-state index contributed by atoms with van der Waals surface area (Å²) < 4.78 is 5.44. The maximum absolute atomic E-state index is 13.3. The van der Waals surface area contributed by atoms with E-state index >= 15 is 0 Å². The molecule has 1 aromatic heterocycles. The number of rotatable bonds is 5. The Morgan fingerprint density at radius 1 is 1.15 bits per heavy atom. The quantitative estimate of drug-likeness (QED) is 0.746. The van der Waals surface area contributed by atoms with Gasteiger partial charge in [-0.15, -0.1) is 0 Å². The van der Waals surface area contributed by atoms with Gasteiger partial charge in [0.15, 0.2) is 0 Å². The van der Waals surface area contributed by atoms with Crippen molar-refractivity contribution in [1.82, 2.24) is 24.7 Å². The Morgan fingerprint density at radius 3 is 2.79 bits per heavy atom. The average Bonchev–Trinajstić information content (AvgIpc) is 2.86.